The van der Waals surface area contributed by atoms with Crippen LogP contribution in [0.4, 0.5) is 5.69 Å². The molecule has 8 nitrogen and oxygen atoms in total. The Labute approximate surface area is 207 Å². The number of nitrogens with zero attached hydrogens (tertiary/aromatic N) is 1. The first-order valence-corrected chi connectivity index (χ1v) is 12.9. The number of amides is 3. The molecule has 3 N–H and O–H groups in total. The first kappa shape index (κ1) is 25.6. The highest BCUT2D eigenvalue weighted by Gasteiger charge is 2.79. The molecule has 6 atom stereocenters. The van der Waals surface area contributed by atoms with Gasteiger partial charge in [-0.15, -0.1) is 0 Å². The summed E-state index contributed by atoms with van der Waals surface area (Å²) < 4.78 is 6.70. The molecule has 3 aliphatic heterocycles. The number of ether oxygens (including phenoxy) is 1. The fourth-order valence-corrected chi connectivity index (χ4v) is 6.63. The highest BCUT2D eigenvalue weighted by atomic mass is 16.5. The zero-order chi connectivity index (χ0) is 25.5. The molecule has 3 amide bonds. The Morgan fingerprint density at radius 2 is 1.89 bits per heavy atom. The number of likely N-dealkylation sites (tertiary alicyclic amines) is 1. The maximum Gasteiger partial charge on any atom is 0.250 e. The molecule has 3 unspecified atom stereocenters. The number of hydrogen-bond donors (Lipinski definition) is 3. The van der Waals surface area contributed by atoms with Crippen LogP contribution in [0, 0.1) is 31.6 Å². The van der Waals surface area contributed by atoms with Crippen LogP contribution in [0.3, 0.4) is 0 Å². The molecule has 3 heterocycles. The number of carbonyl (C=O) groups excluding carboxylic acids is 3. The van der Waals surface area contributed by atoms with Gasteiger partial charge in [-0.2, -0.15) is 0 Å². The highest BCUT2D eigenvalue weighted by Crippen LogP contribution is 2.65. The minimum atomic E-state index is -1.06. The lowest BCUT2D eigenvalue weighted by Gasteiger charge is -2.36. The van der Waals surface area contributed by atoms with Gasteiger partial charge in [0, 0.05) is 25.4 Å². The van der Waals surface area contributed by atoms with E-state index in [2.05, 4.69) is 10.6 Å². The van der Waals surface area contributed by atoms with E-state index in [0.717, 1.165) is 23.2 Å². The topological polar surface area (TPSA) is 108 Å². The van der Waals surface area contributed by atoms with Crippen molar-refractivity contribution in [1.29, 1.82) is 0 Å². The number of aliphatic hydroxyl groups excluding tert-OH is 1. The summed E-state index contributed by atoms with van der Waals surface area (Å²) in [4.78, 5) is 42.9. The highest BCUT2D eigenvalue weighted by molar-refractivity contribution is 6.04. The SMILES string of the molecule is CCCNC(=O)[C@@H]1[C@H]2C(=O)N(CCCCO)C(C(=O)Nc3c(C)cccc3C)C23CC(C)[C@@]1(C)O3. The van der Waals surface area contributed by atoms with Crippen LogP contribution in [0.1, 0.15) is 57.6 Å². The van der Waals surface area contributed by atoms with E-state index in [1.54, 1.807) is 4.90 Å². The van der Waals surface area contributed by atoms with Crippen molar-refractivity contribution in [2.75, 3.05) is 25.0 Å². The smallest absolute Gasteiger partial charge is 0.250 e. The van der Waals surface area contributed by atoms with Crippen LogP contribution in [0.25, 0.3) is 0 Å². The van der Waals surface area contributed by atoms with E-state index in [0.29, 0.717) is 32.4 Å². The van der Waals surface area contributed by atoms with Crippen molar-refractivity contribution in [1.82, 2.24) is 10.2 Å². The third kappa shape index (κ3) is 3.95. The molecular weight excluding hydrogens is 446 g/mol. The van der Waals surface area contributed by atoms with E-state index in [-0.39, 0.29) is 30.2 Å². The quantitative estimate of drug-likeness (QED) is 0.466. The van der Waals surface area contributed by atoms with Crippen LogP contribution in [-0.2, 0) is 19.1 Å². The number of carbonyl (C=O) groups is 3. The second kappa shape index (κ2) is 9.54. The van der Waals surface area contributed by atoms with Crippen molar-refractivity contribution in [2.24, 2.45) is 17.8 Å². The van der Waals surface area contributed by atoms with Gasteiger partial charge in [0.25, 0.3) is 0 Å². The molecule has 2 bridgehead atoms. The van der Waals surface area contributed by atoms with Crippen LogP contribution in [0.15, 0.2) is 18.2 Å². The monoisotopic (exact) mass is 485 g/mol. The standard InChI is InChI=1S/C27H39N3O5/c1-6-12-28-23(32)19-20-25(34)30(13-7-8-14-31)22(27(20)15-18(4)26(19,5)35-27)24(33)29-21-16(2)10-9-11-17(21)3/h9-11,18-20,22,31H,6-8,12-15H2,1-5H3,(H,28,32)(H,29,33)/t18?,19-,20-,22?,26+,27?/m0/s1. The number of aryl methyl sites for hydroxylation is 2. The molecule has 35 heavy (non-hydrogen) atoms. The molecule has 3 aliphatic rings. The summed E-state index contributed by atoms with van der Waals surface area (Å²) in [5, 5.41) is 15.4. The summed E-state index contributed by atoms with van der Waals surface area (Å²) in [6.45, 7) is 10.7. The van der Waals surface area contributed by atoms with Crippen molar-refractivity contribution >= 4 is 23.4 Å². The number of rotatable bonds is 9. The number of anilines is 1. The van der Waals surface area contributed by atoms with Gasteiger partial charge in [-0.25, -0.2) is 0 Å². The maximum absolute atomic E-state index is 14.0. The van der Waals surface area contributed by atoms with Crippen molar-refractivity contribution in [3.8, 4) is 0 Å². The van der Waals surface area contributed by atoms with Crippen molar-refractivity contribution in [3.63, 3.8) is 0 Å². The molecule has 192 valence electrons. The fourth-order valence-electron chi connectivity index (χ4n) is 6.63. The Hall–Kier alpha value is -2.45. The first-order chi connectivity index (χ1) is 16.6. The predicted molar refractivity (Wildman–Crippen MR) is 133 cm³/mol. The summed E-state index contributed by atoms with van der Waals surface area (Å²) in [6.07, 6.45) is 2.43. The number of aliphatic hydroxyl groups is 1. The van der Waals surface area contributed by atoms with Crippen molar-refractivity contribution in [3.05, 3.63) is 29.3 Å². The lowest BCUT2D eigenvalue weighted by atomic mass is 9.62. The summed E-state index contributed by atoms with van der Waals surface area (Å²) in [5.41, 5.74) is 0.755. The molecule has 1 aromatic rings. The van der Waals surface area contributed by atoms with Gasteiger partial charge in [0.1, 0.15) is 11.6 Å². The third-order valence-electron chi connectivity index (χ3n) is 8.43. The molecule has 0 aromatic heterocycles. The largest absolute Gasteiger partial charge is 0.396 e. The molecule has 8 heteroatoms. The van der Waals surface area contributed by atoms with E-state index >= 15 is 0 Å². The van der Waals surface area contributed by atoms with Gasteiger partial charge in [0.2, 0.25) is 17.7 Å². The number of fused-ring (bicyclic) bond motifs is 1. The van der Waals surface area contributed by atoms with Gasteiger partial charge >= 0.3 is 0 Å². The molecule has 0 radical (unpaired) electrons. The molecule has 4 rings (SSSR count). The molecule has 0 aliphatic carbocycles. The molecular formula is C27H39N3O5. The first-order valence-electron chi connectivity index (χ1n) is 12.9. The number of para-hydroxylation sites is 1. The van der Waals surface area contributed by atoms with E-state index in [1.807, 2.05) is 52.8 Å². The zero-order valence-electron chi connectivity index (χ0n) is 21.5. The van der Waals surface area contributed by atoms with E-state index in [1.165, 1.54) is 0 Å². The minimum absolute atomic E-state index is 0.0109. The molecule has 3 saturated heterocycles. The van der Waals surface area contributed by atoms with Gasteiger partial charge in [-0.1, -0.05) is 32.0 Å². The number of unbranched alkanes of at least 4 members (excludes halogenated alkanes) is 1. The van der Waals surface area contributed by atoms with E-state index in [9.17, 15) is 19.5 Å². The van der Waals surface area contributed by atoms with E-state index in [4.69, 9.17) is 4.74 Å². The predicted octanol–water partition coefficient (Wildman–Crippen LogP) is 2.55. The summed E-state index contributed by atoms with van der Waals surface area (Å²) in [6, 6.07) is 4.99. The Morgan fingerprint density at radius 1 is 1.20 bits per heavy atom. The molecule has 1 spiro atoms. The number of hydrogen-bond acceptors (Lipinski definition) is 5. The number of nitrogens with one attached hydrogen (secondary N) is 2. The van der Waals surface area contributed by atoms with E-state index < -0.39 is 29.1 Å². The van der Waals surface area contributed by atoms with Gasteiger partial charge in [-0.05, 0) is 63.5 Å². The lowest BCUT2D eigenvalue weighted by molar-refractivity contribution is -0.146. The lowest BCUT2D eigenvalue weighted by Crippen LogP contribution is -2.54. The third-order valence-corrected chi connectivity index (χ3v) is 8.43. The van der Waals surface area contributed by atoms with Crippen LogP contribution in [0.2, 0.25) is 0 Å². The van der Waals surface area contributed by atoms with Gasteiger partial charge in [0.15, 0.2) is 0 Å². The molecule has 1 aromatic carbocycles. The van der Waals surface area contributed by atoms with Crippen LogP contribution in [-0.4, -0.2) is 64.7 Å². The van der Waals surface area contributed by atoms with Crippen molar-refractivity contribution < 1.29 is 24.2 Å². The Bertz CT molecular complexity index is 992. The number of benzene rings is 1. The second-order valence-electron chi connectivity index (χ2n) is 10.7. The average Bonchev–Trinajstić information content (AvgIpc) is 3.32. The summed E-state index contributed by atoms with van der Waals surface area (Å²) in [7, 11) is 0. The Kier molecular flexibility index (Phi) is 6.99. The Morgan fingerprint density at radius 3 is 2.51 bits per heavy atom. The molecule has 3 fully saturated rings. The Balaban J connectivity index is 1.74. The fraction of sp³-hybridized carbons (Fsp3) is 0.667. The average molecular weight is 486 g/mol. The zero-order valence-corrected chi connectivity index (χ0v) is 21.5. The van der Waals surface area contributed by atoms with Crippen molar-refractivity contribution in [2.45, 2.75) is 77.5 Å². The normalized spacial score (nSPS) is 33.2. The van der Waals surface area contributed by atoms with Crippen LogP contribution in [0.5, 0.6) is 0 Å². The van der Waals surface area contributed by atoms with Crippen LogP contribution >= 0.6 is 0 Å². The molecule has 0 saturated carbocycles. The van der Waals surface area contributed by atoms with Gasteiger partial charge in [-0.3, -0.25) is 14.4 Å². The van der Waals surface area contributed by atoms with Gasteiger partial charge in [0.05, 0.1) is 17.4 Å². The summed E-state index contributed by atoms with van der Waals surface area (Å²) >= 11 is 0. The minimum Gasteiger partial charge on any atom is -0.396 e. The maximum atomic E-state index is 14.0. The van der Waals surface area contributed by atoms with Gasteiger partial charge < -0.3 is 25.4 Å². The second-order valence-corrected chi connectivity index (χ2v) is 10.7. The summed E-state index contributed by atoms with van der Waals surface area (Å²) in [5.74, 6) is -2.00. The van der Waals surface area contributed by atoms with Crippen LogP contribution < -0.4 is 10.6 Å².